The summed E-state index contributed by atoms with van der Waals surface area (Å²) >= 11 is 0. The van der Waals surface area contributed by atoms with Crippen LogP contribution in [-0.4, -0.2) is 39.3 Å². The highest BCUT2D eigenvalue weighted by molar-refractivity contribution is 6.00. The van der Waals surface area contributed by atoms with Gasteiger partial charge in [-0.15, -0.1) is 0 Å². The fourth-order valence-electron chi connectivity index (χ4n) is 5.08. The molecule has 5 rings (SSSR count). The first-order chi connectivity index (χ1) is 18.3. The van der Waals surface area contributed by atoms with Gasteiger partial charge in [-0.05, 0) is 80.3 Å². The highest BCUT2D eigenvalue weighted by atomic mass is 19.1. The van der Waals surface area contributed by atoms with Gasteiger partial charge in [0, 0.05) is 17.7 Å². The maximum Gasteiger partial charge on any atom is 0.273 e. The number of benzene rings is 3. The van der Waals surface area contributed by atoms with Crippen molar-refractivity contribution < 1.29 is 23.8 Å². The van der Waals surface area contributed by atoms with Gasteiger partial charge in [0.15, 0.2) is 11.5 Å². The molecule has 0 saturated heterocycles. The van der Waals surface area contributed by atoms with Gasteiger partial charge in [-0.1, -0.05) is 24.3 Å². The summed E-state index contributed by atoms with van der Waals surface area (Å²) in [6.07, 6.45) is 0. The molecule has 4 aromatic rings. The van der Waals surface area contributed by atoms with Crippen LogP contribution in [0.25, 0.3) is 11.3 Å². The van der Waals surface area contributed by atoms with E-state index < -0.39 is 6.04 Å². The number of rotatable bonds is 8. The molecular weight excluding hydrogens is 485 g/mol. The number of aromatic nitrogens is 2. The number of phenols is 1. The van der Waals surface area contributed by atoms with Gasteiger partial charge in [-0.3, -0.25) is 9.89 Å². The number of aryl methyl sites for hydroxylation is 2. The molecule has 1 aliphatic heterocycles. The summed E-state index contributed by atoms with van der Waals surface area (Å²) < 4.78 is 25.2. The highest BCUT2D eigenvalue weighted by Gasteiger charge is 2.43. The van der Waals surface area contributed by atoms with E-state index in [1.807, 2.05) is 58.0 Å². The number of aromatic amines is 1. The Morgan fingerprint density at radius 3 is 2.42 bits per heavy atom. The summed E-state index contributed by atoms with van der Waals surface area (Å²) in [6, 6.07) is 15.0. The first kappa shape index (κ1) is 25.3. The lowest BCUT2D eigenvalue weighted by Crippen LogP contribution is -2.29. The van der Waals surface area contributed by atoms with Crippen LogP contribution < -0.4 is 9.47 Å². The number of hydrogen-bond donors (Lipinski definition) is 2. The molecule has 3 aromatic carbocycles. The lowest BCUT2D eigenvalue weighted by Gasteiger charge is -2.27. The summed E-state index contributed by atoms with van der Waals surface area (Å²) in [6.45, 7) is 8.78. The molecule has 1 unspecified atom stereocenters. The van der Waals surface area contributed by atoms with E-state index in [1.54, 1.807) is 17.0 Å². The van der Waals surface area contributed by atoms with E-state index in [1.165, 1.54) is 12.1 Å². The molecule has 1 aromatic heterocycles. The van der Waals surface area contributed by atoms with Crippen molar-refractivity contribution in [3.8, 4) is 28.5 Å². The first-order valence-electron chi connectivity index (χ1n) is 12.7. The van der Waals surface area contributed by atoms with Crippen molar-refractivity contribution >= 4 is 5.91 Å². The molecule has 196 valence electrons. The lowest BCUT2D eigenvalue weighted by atomic mass is 9.93. The highest BCUT2D eigenvalue weighted by Crippen LogP contribution is 2.47. The maximum atomic E-state index is 13.8. The van der Waals surface area contributed by atoms with Crippen molar-refractivity contribution in [3.05, 3.63) is 93.9 Å². The van der Waals surface area contributed by atoms with E-state index in [-0.39, 0.29) is 24.0 Å². The lowest BCUT2D eigenvalue weighted by molar-refractivity contribution is 0.0729. The van der Waals surface area contributed by atoms with Crippen LogP contribution in [0.15, 0.2) is 54.6 Å². The second kappa shape index (κ2) is 10.2. The Labute approximate surface area is 220 Å². The predicted octanol–water partition coefficient (Wildman–Crippen LogP) is 6.08. The molecule has 38 heavy (non-hydrogen) atoms. The molecule has 1 atom stereocenters. The topological polar surface area (TPSA) is 87.7 Å². The Hall–Kier alpha value is -4.33. The Kier molecular flexibility index (Phi) is 6.80. The second-order valence-electron chi connectivity index (χ2n) is 9.37. The molecular formula is C30H30FN3O4. The van der Waals surface area contributed by atoms with Gasteiger partial charge in [0.1, 0.15) is 23.0 Å². The van der Waals surface area contributed by atoms with E-state index >= 15 is 0 Å². The summed E-state index contributed by atoms with van der Waals surface area (Å²) in [5.41, 5.74) is 5.37. The minimum Gasteiger partial charge on any atom is -0.507 e. The van der Waals surface area contributed by atoms with Gasteiger partial charge in [0.05, 0.1) is 19.3 Å². The van der Waals surface area contributed by atoms with Crippen molar-refractivity contribution in [2.45, 2.75) is 40.3 Å². The largest absolute Gasteiger partial charge is 0.507 e. The van der Waals surface area contributed by atoms with E-state index in [0.717, 1.165) is 22.3 Å². The van der Waals surface area contributed by atoms with Crippen molar-refractivity contribution in [2.24, 2.45) is 0 Å². The fourth-order valence-corrected chi connectivity index (χ4v) is 5.08. The number of ether oxygens (including phenoxy) is 2. The average Bonchev–Trinajstić information content (AvgIpc) is 3.43. The molecule has 2 N–H and O–H groups in total. The Morgan fingerprint density at radius 2 is 1.71 bits per heavy atom. The van der Waals surface area contributed by atoms with Gasteiger partial charge in [-0.2, -0.15) is 5.10 Å². The molecule has 0 spiro atoms. The Morgan fingerprint density at radius 1 is 1.00 bits per heavy atom. The minimum atomic E-state index is -0.536. The van der Waals surface area contributed by atoms with Gasteiger partial charge in [-0.25, -0.2) is 4.39 Å². The van der Waals surface area contributed by atoms with Crippen LogP contribution in [0.1, 0.15) is 58.2 Å². The van der Waals surface area contributed by atoms with E-state index in [9.17, 15) is 14.3 Å². The van der Waals surface area contributed by atoms with Crippen molar-refractivity contribution in [1.29, 1.82) is 0 Å². The number of hydrogen-bond acceptors (Lipinski definition) is 5. The quantitative estimate of drug-likeness (QED) is 0.297. The summed E-state index contributed by atoms with van der Waals surface area (Å²) in [4.78, 5) is 15.5. The number of halogens is 1. The van der Waals surface area contributed by atoms with Gasteiger partial charge in [0.25, 0.3) is 5.91 Å². The third-order valence-electron chi connectivity index (χ3n) is 6.71. The van der Waals surface area contributed by atoms with Gasteiger partial charge in [0.2, 0.25) is 0 Å². The van der Waals surface area contributed by atoms with Crippen molar-refractivity contribution in [3.63, 3.8) is 0 Å². The predicted molar refractivity (Wildman–Crippen MR) is 142 cm³/mol. The number of H-pyrrole nitrogens is 1. The number of amides is 1. The monoisotopic (exact) mass is 515 g/mol. The molecule has 0 saturated carbocycles. The number of nitrogens with zero attached hydrogens (tertiary/aromatic N) is 2. The standard InChI is InChI=1S/C30H30FN3O4/c1-5-37-23-12-9-20(15-24(23)38-6-2)28-25-26(22-14-17(3)13-18(4)29(22)35)32-33-27(25)30(36)34(28)16-19-7-10-21(31)11-8-19/h7-15,28,35H,5-6,16H2,1-4H3,(H,32,33). The normalized spacial score (nSPS) is 14.6. The number of phenolic OH excluding ortho intramolecular Hbond substituents is 1. The van der Waals surface area contributed by atoms with Crippen LogP contribution in [-0.2, 0) is 6.54 Å². The third-order valence-corrected chi connectivity index (χ3v) is 6.71. The zero-order valence-electron chi connectivity index (χ0n) is 21.8. The zero-order chi connectivity index (χ0) is 27.0. The molecule has 1 amide bonds. The van der Waals surface area contributed by atoms with E-state index in [4.69, 9.17) is 9.47 Å². The molecule has 0 fully saturated rings. The molecule has 8 heteroatoms. The van der Waals surface area contributed by atoms with Gasteiger partial charge < -0.3 is 19.5 Å². The molecule has 7 nitrogen and oxygen atoms in total. The Balaban J connectivity index is 1.69. The van der Waals surface area contributed by atoms with Crippen molar-refractivity contribution in [2.75, 3.05) is 13.2 Å². The third kappa shape index (κ3) is 4.47. The second-order valence-corrected chi connectivity index (χ2v) is 9.37. The smallest absolute Gasteiger partial charge is 0.273 e. The van der Waals surface area contributed by atoms with E-state index in [0.29, 0.717) is 47.2 Å². The number of nitrogens with one attached hydrogen (secondary N) is 1. The maximum absolute atomic E-state index is 13.8. The first-order valence-corrected chi connectivity index (χ1v) is 12.7. The fraction of sp³-hybridized carbons (Fsp3) is 0.267. The average molecular weight is 516 g/mol. The molecule has 2 heterocycles. The molecule has 0 bridgehead atoms. The summed E-state index contributed by atoms with van der Waals surface area (Å²) in [5.74, 6) is 0.743. The zero-order valence-corrected chi connectivity index (χ0v) is 21.8. The van der Waals surface area contributed by atoms with Crippen LogP contribution in [0.4, 0.5) is 4.39 Å². The molecule has 0 radical (unpaired) electrons. The molecule has 1 aliphatic rings. The van der Waals surface area contributed by atoms with Crippen LogP contribution in [0.2, 0.25) is 0 Å². The van der Waals surface area contributed by atoms with Crippen molar-refractivity contribution in [1.82, 2.24) is 15.1 Å². The van der Waals surface area contributed by atoms with E-state index in [2.05, 4.69) is 10.2 Å². The van der Waals surface area contributed by atoms with Gasteiger partial charge >= 0.3 is 0 Å². The number of carbonyl (C=O) groups excluding carboxylic acids is 1. The Bertz CT molecular complexity index is 1500. The van der Waals surface area contributed by atoms with Crippen LogP contribution in [0.3, 0.4) is 0 Å². The number of fused-ring (bicyclic) bond motifs is 1. The van der Waals surface area contributed by atoms with Crippen LogP contribution in [0, 0.1) is 19.7 Å². The van der Waals surface area contributed by atoms with Crippen LogP contribution in [0.5, 0.6) is 17.2 Å². The molecule has 0 aliphatic carbocycles. The minimum absolute atomic E-state index is 0.120. The number of aromatic hydroxyl groups is 1. The number of carbonyl (C=O) groups is 1. The van der Waals surface area contributed by atoms with Crippen LogP contribution >= 0.6 is 0 Å². The summed E-state index contributed by atoms with van der Waals surface area (Å²) in [5, 5.41) is 18.4. The summed E-state index contributed by atoms with van der Waals surface area (Å²) in [7, 11) is 0. The SMILES string of the molecule is CCOc1ccc(C2c3c(-c4cc(C)cc(C)c4O)n[nH]c3C(=O)N2Cc2ccc(F)cc2)cc1OCC.